The van der Waals surface area contributed by atoms with Crippen molar-refractivity contribution in [1.29, 1.82) is 0 Å². The molecular formula is C19H16Cl2N2O3. The molecule has 0 N–H and O–H groups in total. The van der Waals surface area contributed by atoms with Gasteiger partial charge in [0.1, 0.15) is 5.75 Å². The van der Waals surface area contributed by atoms with Gasteiger partial charge in [0.25, 0.3) is 5.69 Å². The standard InChI is InChI=1S/C19H16Cl2N2O3/c1-18(2)17-14(21)9-12(20)10-15(17)22(3)19(18)7-6-11-8-13(23(24)25)4-5-16(11)26-19/h4-10H,1-3H3. The zero-order valence-corrected chi connectivity index (χ0v) is 15.9. The maximum absolute atomic E-state index is 11.0. The molecule has 7 heteroatoms. The highest BCUT2D eigenvalue weighted by molar-refractivity contribution is 6.36. The van der Waals surface area contributed by atoms with Crippen molar-refractivity contribution >= 4 is 40.7 Å². The first-order valence-electron chi connectivity index (χ1n) is 8.07. The van der Waals surface area contributed by atoms with E-state index in [1.54, 1.807) is 12.1 Å². The van der Waals surface area contributed by atoms with Gasteiger partial charge >= 0.3 is 0 Å². The van der Waals surface area contributed by atoms with Crippen LogP contribution < -0.4 is 9.64 Å². The minimum Gasteiger partial charge on any atom is -0.463 e. The molecule has 0 saturated heterocycles. The Balaban J connectivity index is 1.87. The fraction of sp³-hybridized carbons (Fsp3) is 0.263. The third-order valence-electron chi connectivity index (χ3n) is 5.37. The first kappa shape index (κ1) is 17.2. The van der Waals surface area contributed by atoms with Crippen LogP contribution in [0.25, 0.3) is 6.08 Å². The monoisotopic (exact) mass is 390 g/mol. The van der Waals surface area contributed by atoms with Gasteiger partial charge in [-0.05, 0) is 44.2 Å². The molecule has 26 heavy (non-hydrogen) atoms. The number of nitro groups is 1. The summed E-state index contributed by atoms with van der Waals surface area (Å²) < 4.78 is 6.43. The highest BCUT2D eigenvalue weighted by Gasteiger charge is 2.58. The first-order valence-corrected chi connectivity index (χ1v) is 8.83. The summed E-state index contributed by atoms with van der Waals surface area (Å²) in [6.07, 6.45) is 3.80. The van der Waals surface area contributed by atoms with E-state index < -0.39 is 16.1 Å². The Bertz CT molecular complexity index is 987. The van der Waals surface area contributed by atoms with Gasteiger partial charge in [0.05, 0.1) is 10.3 Å². The molecule has 1 atom stereocenters. The predicted molar refractivity (Wildman–Crippen MR) is 103 cm³/mol. The maximum atomic E-state index is 11.0. The second-order valence-electron chi connectivity index (χ2n) is 7.08. The number of halogens is 2. The number of hydrogen-bond acceptors (Lipinski definition) is 4. The largest absolute Gasteiger partial charge is 0.463 e. The lowest BCUT2D eigenvalue weighted by atomic mass is 9.76. The lowest BCUT2D eigenvalue weighted by molar-refractivity contribution is -0.384. The molecule has 0 aliphatic carbocycles. The van der Waals surface area contributed by atoms with Crippen molar-refractivity contribution in [2.45, 2.75) is 25.0 Å². The Hall–Kier alpha value is -2.24. The molecule has 2 aromatic rings. The summed E-state index contributed by atoms with van der Waals surface area (Å²) in [4.78, 5) is 12.6. The highest BCUT2D eigenvalue weighted by Crippen LogP contribution is 2.56. The van der Waals surface area contributed by atoms with E-state index in [-0.39, 0.29) is 5.69 Å². The Morgan fingerprint density at radius 1 is 1.19 bits per heavy atom. The number of benzene rings is 2. The molecular weight excluding hydrogens is 375 g/mol. The summed E-state index contributed by atoms with van der Waals surface area (Å²) in [5, 5.41) is 12.2. The number of likely N-dealkylation sites (N-methyl/N-ethyl adjacent to an activating group) is 1. The molecule has 2 aliphatic heterocycles. The molecule has 0 fully saturated rings. The Morgan fingerprint density at radius 3 is 2.62 bits per heavy atom. The Labute approximate surface area is 160 Å². The van der Waals surface area contributed by atoms with Gasteiger partial charge in [0, 0.05) is 46.0 Å². The fourth-order valence-corrected chi connectivity index (χ4v) is 4.73. The molecule has 2 aromatic carbocycles. The number of non-ortho nitro benzene ring substituents is 1. The van der Waals surface area contributed by atoms with E-state index in [4.69, 9.17) is 27.9 Å². The van der Waals surface area contributed by atoms with E-state index in [0.29, 0.717) is 21.4 Å². The van der Waals surface area contributed by atoms with Crippen LogP contribution in [0.1, 0.15) is 25.0 Å². The van der Waals surface area contributed by atoms with Crippen LogP contribution >= 0.6 is 23.2 Å². The van der Waals surface area contributed by atoms with E-state index in [0.717, 1.165) is 11.3 Å². The predicted octanol–water partition coefficient (Wildman–Crippen LogP) is 5.43. The van der Waals surface area contributed by atoms with Crippen molar-refractivity contribution in [3.63, 3.8) is 0 Å². The second kappa shape index (κ2) is 5.38. The fourth-order valence-electron chi connectivity index (χ4n) is 4.01. The van der Waals surface area contributed by atoms with E-state index in [2.05, 4.69) is 13.8 Å². The smallest absolute Gasteiger partial charge is 0.270 e. The van der Waals surface area contributed by atoms with Crippen LogP contribution in [0.2, 0.25) is 10.0 Å². The topological polar surface area (TPSA) is 55.6 Å². The number of nitrogens with zero attached hydrogens (tertiary/aromatic N) is 2. The van der Waals surface area contributed by atoms with Gasteiger partial charge in [-0.25, -0.2) is 0 Å². The van der Waals surface area contributed by atoms with Crippen LogP contribution in [-0.2, 0) is 5.41 Å². The number of fused-ring (bicyclic) bond motifs is 2. The summed E-state index contributed by atoms with van der Waals surface area (Å²) in [6.45, 7) is 4.13. The molecule has 5 nitrogen and oxygen atoms in total. The summed E-state index contributed by atoms with van der Waals surface area (Å²) in [7, 11) is 1.93. The molecule has 4 rings (SSSR count). The van der Waals surface area contributed by atoms with E-state index >= 15 is 0 Å². The van der Waals surface area contributed by atoms with Gasteiger partial charge in [0.2, 0.25) is 5.72 Å². The summed E-state index contributed by atoms with van der Waals surface area (Å²) in [5.41, 5.74) is 1.28. The summed E-state index contributed by atoms with van der Waals surface area (Å²) in [6, 6.07) is 8.21. The van der Waals surface area contributed by atoms with Crippen molar-refractivity contribution in [3.8, 4) is 5.75 Å². The van der Waals surface area contributed by atoms with Gasteiger partial charge in [0.15, 0.2) is 0 Å². The number of anilines is 1. The van der Waals surface area contributed by atoms with Crippen molar-refractivity contribution in [1.82, 2.24) is 0 Å². The van der Waals surface area contributed by atoms with Crippen molar-refractivity contribution < 1.29 is 9.66 Å². The van der Waals surface area contributed by atoms with E-state index in [9.17, 15) is 10.1 Å². The average Bonchev–Trinajstić information content (AvgIpc) is 2.73. The minimum absolute atomic E-state index is 0.0325. The molecule has 1 unspecified atom stereocenters. The molecule has 0 radical (unpaired) electrons. The maximum Gasteiger partial charge on any atom is 0.270 e. The lowest BCUT2D eigenvalue weighted by Crippen LogP contribution is -2.58. The van der Waals surface area contributed by atoms with Crippen LogP contribution in [-0.4, -0.2) is 17.7 Å². The quantitative estimate of drug-likeness (QED) is 0.481. The van der Waals surface area contributed by atoms with Gasteiger partial charge < -0.3 is 9.64 Å². The van der Waals surface area contributed by atoms with E-state index in [1.165, 1.54) is 12.1 Å². The van der Waals surface area contributed by atoms with Crippen LogP contribution in [0, 0.1) is 10.1 Å². The molecule has 2 aliphatic rings. The zero-order chi connectivity index (χ0) is 18.9. The van der Waals surface area contributed by atoms with Crippen molar-refractivity contribution in [2.24, 2.45) is 0 Å². The minimum atomic E-state index is -0.813. The number of rotatable bonds is 1. The van der Waals surface area contributed by atoms with Gasteiger partial charge in [-0.15, -0.1) is 0 Å². The third-order valence-corrected chi connectivity index (χ3v) is 5.89. The molecule has 0 bridgehead atoms. The SMILES string of the molecule is CN1c2cc(Cl)cc(Cl)c2C(C)(C)C12C=Cc1cc([N+](=O)[O-])ccc1O2. The van der Waals surface area contributed by atoms with Crippen LogP contribution in [0.15, 0.2) is 36.4 Å². The number of hydrogen-bond donors (Lipinski definition) is 0. The molecule has 0 amide bonds. The average molecular weight is 391 g/mol. The normalized spacial score (nSPS) is 22.1. The van der Waals surface area contributed by atoms with Gasteiger partial charge in [-0.1, -0.05) is 23.2 Å². The lowest BCUT2D eigenvalue weighted by Gasteiger charge is -2.45. The molecule has 134 valence electrons. The van der Waals surface area contributed by atoms with Gasteiger partial charge in [-0.3, -0.25) is 10.1 Å². The van der Waals surface area contributed by atoms with Crippen LogP contribution in [0.3, 0.4) is 0 Å². The summed E-state index contributed by atoms with van der Waals surface area (Å²) >= 11 is 12.7. The molecule has 0 saturated carbocycles. The first-order chi connectivity index (χ1) is 12.2. The van der Waals surface area contributed by atoms with Crippen LogP contribution in [0.4, 0.5) is 11.4 Å². The zero-order valence-electron chi connectivity index (χ0n) is 14.4. The Morgan fingerprint density at radius 2 is 1.92 bits per heavy atom. The van der Waals surface area contributed by atoms with Crippen LogP contribution in [0.5, 0.6) is 5.75 Å². The Kier molecular flexibility index (Phi) is 3.56. The van der Waals surface area contributed by atoms with Crippen molar-refractivity contribution in [2.75, 3.05) is 11.9 Å². The highest BCUT2D eigenvalue weighted by atomic mass is 35.5. The molecule has 0 aromatic heterocycles. The number of ether oxygens (including phenoxy) is 1. The van der Waals surface area contributed by atoms with Gasteiger partial charge in [-0.2, -0.15) is 0 Å². The third kappa shape index (κ3) is 2.10. The van der Waals surface area contributed by atoms with Crippen molar-refractivity contribution in [3.05, 3.63) is 67.7 Å². The van der Waals surface area contributed by atoms with E-state index in [1.807, 2.05) is 30.2 Å². The number of nitro benzene ring substituents is 1. The summed E-state index contributed by atoms with van der Waals surface area (Å²) in [5.74, 6) is 0.591. The second-order valence-corrected chi connectivity index (χ2v) is 7.92. The molecule has 2 heterocycles. The molecule has 1 spiro atoms.